The van der Waals surface area contributed by atoms with Crippen molar-refractivity contribution < 1.29 is 13.7 Å². The molecule has 0 saturated carbocycles. The lowest BCUT2D eigenvalue weighted by Gasteiger charge is -2.16. The zero-order valence-corrected chi connectivity index (χ0v) is 13.2. The van der Waals surface area contributed by atoms with Crippen LogP contribution in [0.5, 0.6) is 0 Å². The molecule has 0 heterocycles. The zero-order valence-electron chi connectivity index (χ0n) is 12.4. The van der Waals surface area contributed by atoms with Gasteiger partial charge < -0.3 is 10.8 Å². The molecule has 3 atom stereocenters. The molecule has 0 amide bonds. The Morgan fingerprint density at radius 3 is 1.95 bits per heavy atom. The molecule has 1 aromatic carbocycles. The van der Waals surface area contributed by atoms with Gasteiger partial charge in [0.1, 0.15) is 6.67 Å². The first-order chi connectivity index (χ1) is 9.06. The molecule has 19 heavy (non-hydrogen) atoms. The second-order valence-corrected chi connectivity index (χ2v) is 4.67. The van der Waals surface area contributed by atoms with Crippen LogP contribution < -0.4 is 5.73 Å². The Morgan fingerprint density at radius 2 is 1.63 bits per heavy atom. The predicted octanol–water partition coefficient (Wildman–Crippen LogP) is 2.81. The molecule has 0 aliphatic carbocycles. The Balaban J connectivity index is 0. The van der Waals surface area contributed by atoms with E-state index in [1.807, 2.05) is 27.7 Å². The Labute approximate surface area is 118 Å². The molecule has 0 saturated heterocycles. The third kappa shape index (κ3) is 7.40. The zero-order chi connectivity index (χ0) is 15.4. The van der Waals surface area contributed by atoms with E-state index in [9.17, 15) is 13.7 Å². The van der Waals surface area contributed by atoms with Crippen LogP contribution in [-0.2, 0) is 10.8 Å². The molecular weight excluding hydrogens is 265 g/mol. The van der Waals surface area contributed by atoms with Crippen LogP contribution in [0.25, 0.3) is 0 Å². The first-order valence-electron chi connectivity index (χ1n) is 6.49. The quantitative estimate of drug-likeness (QED) is 0.896. The van der Waals surface area contributed by atoms with Crippen molar-refractivity contribution in [2.75, 3.05) is 12.9 Å². The van der Waals surface area contributed by atoms with Crippen LogP contribution in [0.1, 0.15) is 39.4 Å². The summed E-state index contributed by atoms with van der Waals surface area (Å²) in [7, 11) is -1.05. The molecule has 3 nitrogen and oxygen atoms in total. The molecule has 112 valence electrons. The van der Waals surface area contributed by atoms with Gasteiger partial charge in [-0.15, -0.1) is 0 Å². The molecule has 5 heteroatoms. The molecule has 0 bridgehead atoms. The lowest BCUT2D eigenvalue weighted by molar-refractivity contribution is 0.132. The van der Waals surface area contributed by atoms with Gasteiger partial charge in [-0.2, -0.15) is 0 Å². The number of hydrogen-bond acceptors (Lipinski definition) is 3. The van der Waals surface area contributed by atoms with E-state index in [0.29, 0.717) is 10.5 Å². The van der Waals surface area contributed by atoms with Gasteiger partial charge >= 0.3 is 0 Å². The minimum absolute atomic E-state index is 0.536. The summed E-state index contributed by atoms with van der Waals surface area (Å²) in [5.41, 5.74) is 5.90. The predicted molar refractivity (Wildman–Crippen MR) is 80.4 cm³/mol. The first-order valence-corrected chi connectivity index (χ1v) is 8.05. The van der Waals surface area contributed by atoms with E-state index in [4.69, 9.17) is 5.73 Å². The molecule has 3 N–H and O–H groups in total. The SMILES string of the molecule is CC.CC.CS(=O)c1ccc(C(O)C(N)CF)cc1. The maximum Gasteiger partial charge on any atom is 0.107 e. The number of nitrogens with two attached hydrogens (primary N) is 1. The molecule has 0 aliphatic rings. The second kappa shape index (κ2) is 12.3. The van der Waals surface area contributed by atoms with Crippen molar-refractivity contribution in [3.05, 3.63) is 29.8 Å². The molecule has 0 aliphatic heterocycles. The van der Waals surface area contributed by atoms with Crippen LogP contribution in [0.4, 0.5) is 4.39 Å². The number of aliphatic hydroxyl groups excluding tert-OH is 1. The van der Waals surface area contributed by atoms with Gasteiger partial charge in [0, 0.05) is 22.0 Å². The Hall–Kier alpha value is -0.780. The van der Waals surface area contributed by atoms with E-state index in [-0.39, 0.29) is 0 Å². The van der Waals surface area contributed by atoms with Crippen LogP contribution >= 0.6 is 0 Å². The van der Waals surface area contributed by atoms with Crippen LogP contribution in [0.15, 0.2) is 29.2 Å². The normalized spacial score (nSPS) is 14.1. The first kappa shape index (κ1) is 20.5. The van der Waals surface area contributed by atoms with Crippen molar-refractivity contribution >= 4 is 10.8 Å². The van der Waals surface area contributed by atoms with E-state index in [1.54, 1.807) is 30.5 Å². The highest BCUT2D eigenvalue weighted by atomic mass is 32.2. The van der Waals surface area contributed by atoms with Crippen molar-refractivity contribution in [2.45, 2.75) is 44.7 Å². The van der Waals surface area contributed by atoms with Crippen molar-refractivity contribution in [1.82, 2.24) is 0 Å². The van der Waals surface area contributed by atoms with Gasteiger partial charge in [0.05, 0.1) is 12.1 Å². The number of benzene rings is 1. The van der Waals surface area contributed by atoms with Crippen LogP contribution in [0.3, 0.4) is 0 Å². The summed E-state index contributed by atoms with van der Waals surface area (Å²) in [5.74, 6) is 0. The summed E-state index contributed by atoms with van der Waals surface area (Å²) in [6, 6.07) is 5.58. The molecule has 0 spiro atoms. The summed E-state index contributed by atoms with van der Waals surface area (Å²) < 4.78 is 23.3. The average Bonchev–Trinajstić information content (AvgIpc) is 2.49. The Bertz CT molecular complexity index is 344. The van der Waals surface area contributed by atoms with Crippen molar-refractivity contribution in [3.8, 4) is 0 Å². The molecule has 0 aromatic heterocycles. The maximum absolute atomic E-state index is 12.2. The minimum Gasteiger partial charge on any atom is -0.387 e. The highest BCUT2D eigenvalue weighted by Crippen LogP contribution is 2.17. The summed E-state index contributed by atoms with van der Waals surface area (Å²) in [5, 5.41) is 9.58. The number of halogens is 1. The molecule has 3 unspecified atom stereocenters. The van der Waals surface area contributed by atoms with Crippen molar-refractivity contribution in [2.24, 2.45) is 5.73 Å². The molecule has 0 fully saturated rings. The molecule has 1 rings (SSSR count). The number of aliphatic hydroxyl groups is 1. The highest BCUT2D eigenvalue weighted by molar-refractivity contribution is 7.84. The van der Waals surface area contributed by atoms with Gasteiger partial charge in [0.15, 0.2) is 0 Å². The average molecular weight is 291 g/mol. The van der Waals surface area contributed by atoms with Crippen LogP contribution in [-0.4, -0.2) is 28.3 Å². The fourth-order valence-electron chi connectivity index (χ4n) is 1.19. The number of alkyl halides is 1. The minimum atomic E-state index is -1.05. The standard InChI is InChI=1S/C10H14FNO2S.2C2H6/c1-15(14)8-4-2-7(3-5-8)10(13)9(12)6-11;2*1-2/h2-5,9-10,13H,6,12H2,1H3;2*1-2H3. The summed E-state index contributed by atoms with van der Waals surface area (Å²) >= 11 is 0. The fraction of sp³-hybridized carbons (Fsp3) is 0.571. The summed E-state index contributed by atoms with van der Waals surface area (Å²) in [6.07, 6.45) is 0.549. The van der Waals surface area contributed by atoms with E-state index in [0.717, 1.165) is 0 Å². The molecule has 0 radical (unpaired) electrons. The smallest absolute Gasteiger partial charge is 0.107 e. The highest BCUT2D eigenvalue weighted by Gasteiger charge is 2.16. The lowest BCUT2D eigenvalue weighted by atomic mass is 10.0. The maximum atomic E-state index is 12.2. The van der Waals surface area contributed by atoms with Crippen molar-refractivity contribution in [1.29, 1.82) is 0 Å². The van der Waals surface area contributed by atoms with E-state index >= 15 is 0 Å². The summed E-state index contributed by atoms with van der Waals surface area (Å²) in [4.78, 5) is 0.666. The largest absolute Gasteiger partial charge is 0.387 e. The van der Waals surface area contributed by atoms with Gasteiger partial charge in [-0.05, 0) is 17.7 Å². The topological polar surface area (TPSA) is 63.3 Å². The van der Waals surface area contributed by atoms with Crippen molar-refractivity contribution in [3.63, 3.8) is 0 Å². The monoisotopic (exact) mass is 291 g/mol. The number of hydrogen-bond donors (Lipinski definition) is 2. The van der Waals surface area contributed by atoms with Crippen LogP contribution in [0.2, 0.25) is 0 Å². The summed E-state index contributed by atoms with van der Waals surface area (Å²) in [6.45, 7) is 7.22. The van der Waals surface area contributed by atoms with E-state index < -0.39 is 29.6 Å². The Kier molecular flexibility index (Phi) is 13.3. The van der Waals surface area contributed by atoms with Crippen LogP contribution in [0, 0.1) is 0 Å². The van der Waals surface area contributed by atoms with E-state index in [1.165, 1.54) is 0 Å². The van der Waals surface area contributed by atoms with Gasteiger partial charge in [-0.1, -0.05) is 39.8 Å². The van der Waals surface area contributed by atoms with Gasteiger partial charge in [-0.25, -0.2) is 4.39 Å². The second-order valence-electron chi connectivity index (χ2n) is 3.29. The Morgan fingerprint density at radius 1 is 1.21 bits per heavy atom. The number of rotatable bonds is 4. The molecule has 1 aromatic rings. The van der Waals surface area contributed by atoms with Gasteiger partial charge in [0.2, 0.25) is 0 Å². The van der Waals surface area contributed by atoms with Gasteiger partial charge in [0.25, 0.3) is 0 Å². The lowest BCUT2D eigenvalue weighted by Crippen LogP contribution is -2.30. The van der Waals surface area contributed by atoms with Gasteiger partial charge in [-0.3, -0.25) is 4.21 Å². The fourth-order valence-corrected chi connectivity index (χ4v) is 1.71. The third-order valence-corrected chi connectivity index (χ3v) is 3.07. The molecular formula is C14H26FNO2S. The third-order valence-electron chi connectivity index (χ3n) is 2.14. The van der Waals surface area contributed by atoms with E-state index in [2.05, 4.69) is 0 Å².